The van der Waals surface area contributed by atoms with Crippen LogP contribution in [0.1, 0.15) is 16.3 Å². The number of aromatic nitrogens is 5. The van der Waals surface area contributed by atoms with Crippen LogP contribution in [0.15, 0.2) is 67.4 Å². The zero-order chi connectivity index (χ0) is 23.3. The molecule has 0 radical (unpaired) electrons. The van der Waals surface area contributed by atoms with Gasteiger partial charge in [0.25, 0.3) is 0 Å². The van der Waals surface area contributed by atoms with Gasteiger partial charge in [0.15, 0.2) is 0 Å². The van der Waals surface area contributed by atoms with E-state index in [1.165, 1.54) is 30.1 Å². The number of nitrogens with zero attached hydrogens (tertiary/aromatic N) is 5. The molecule has 0 spiro atoms. The minimum absolute atomic E-state index is 0.334. The molecule has 0 aliphatic heterocycles. The Labute approximate surface area is 203 Å². The number of nitrogens with one attached hydrogen (secondary N) is 1. The lowest BCUT2D eigenvalue weighted by Crippen LogP contribution is -1.99. The molecule has 0 saturated carbocycles. The van der Waals surface area contributed by atoms with Gasteiger partial charge in [-0.3, -0.25) is 4.98 Å². The molecule has 166 valence electrons. The smallest absolute Gasteiger partial charge is 0.142 e. The van der Waals surface area contributed by atoms with Crippen molar-refractivity contribution in [3.8, 4) is 17.6 Å². The second-order valence-corrected chi connectivity index (χ2v) is 8.45. The van der Waals surface area contributed by atoms with Crippen molar-refractivity contribution >= 4 is 50.5 Å². The van der Waals surface area contributed by atoms with Gasteiger partial charge in [0, 0.05) is 11.9 Å². The molecule has 10 heteroatoms. The molecule has 0 unspecified atom stereocenters. The van der Waals surface area contributed by atoms with E-state index >= 15 is 0 Å². The van der Waals surface area contributed by atoms with Gasteiger partial charge in [-0.1, -0.05) is 17.7 Å². The Kier molecular flexibility index (Phi) is 6.16. The van der Waals surface area contributed by atoms with Gasteiger partial charge in [-0.15, -0.1) is 11.3 Å². The van der Waals surface area contributed by atoms with E-state index < -0.39 is 0 Å². The van der Waals surface area contributed by atoms with Crippen LogP contribution >= 0.6 is 22.9 Å². The van der Waals surface area contributed by atoms with Crippen molar-refractivity contribution in [3.63, 3.8) is 0 Å². The number of pyridine rings is 1. The molecule has 0 atom stereocenters. The Bertz CT molecular complexity index is 1510. The molecule has 0 aliphatic rings. The molecular weight excluding hydrogens is 470 g/mol. The van der Waals surface area contributed by atoms with Gasteiger partial charge in [-0.05, 0) is 48.2 Å². The van der Waals surface area contributed by atoms with E-state index in [1.807, 2.05) is 36.4 Å². The molecule has 8 nitrogen and oxygen atoms in total. The van der Waals surface area contributed by atoms with Gasteiger partial charge < -0.3 is 15.8 Å². The predicted octanol–water partition coefficient (Wildman–Crippen LogP) is 4.83. The first-order valence-corrected chi connectivity index (χ1v) is 11.3. The second-order valence-electron chi connectivity index (χ2n) is 7.01. The first-order chi connectivity index (χ1) is 16.6. The maximum atomic E-state index is 6.44. The number of fused-ring (bicyclic) bond motifs is 1. The van der Waals surface area contributed by atoms with Gasteiger partial charge in [0.2, 0.25) is 0 Å². The Balaban J connectivity index is 1.33. The normalized spacial score (nSPS) is 10.5. The molecule has 3 N–H and O–H groups in total. The quantitative estimate of drug-likeness (QED) is 0.340. The number of hydrogen-bond donors (Lipinski definition) is 2. The maximum absolute atomic E-state index is 6.44. The van der Waals surface area contributed by atoms with Crippen molar-refractivity contribution in [2.45, 2.75) is 6.61 Å². The SMILES string of the molecule is Nc1cnc(C#Cc2cc3c(Nc4ccc(OCc5ccccn5)c(Cl)c4)ncnc3s2)cn1. The van der Waals surface area contributed by atoms with Crippen LogP contribution < -0.4 is 15.8 Å². The van der Waals surface area contributed by atoms with Crippen LogP contribution in [-0.4, -0.2) is 24.9 Å². The summed E-state index contributed by atoms with van der Waals surface area (Å²) in [4.78, 5) is 22.8. The van der Waals surface area contributed by atoms with Crippen LogP contribution in [0, 0.1) is 11.8 Å². The summed E-state index contributed by atoms with van der Waals surface area (Å²) in [5.41, 5.74) is 7.69. The number of halogens is 1. The summed E-state index contributed by atoms with van der Waals surface area (Å²) in [6, 6.07) is 13.1. The Morgan fingerprint density at radius 1 is 1.00 bits per heavy atom. The average Bonchev–Trinajstić information content (AvgIpc) is 3.28. The highest BCUT2D eigenvalue weighted by Gasteiger charge is 2.10. The molecule has 0 saturated heterocycles. The van der Waals surface area contributed by atoms with Gasteiger partial charge in [-0.2, -0.15) is 0 Å². The van der Waals surface area contributed by atoms with Crippen LogP contribution in [0.5, 0.6) is 5.75 Å². The lowest BCUT2D eigenvalue weighted by Gasteiger charge is -2.11. The van der Waals surface area contributed by atoms with Crippen molar-refractivity contribution < 1.29 is 4.74 Å². The van der Waals surface area contributed by atoms with Crippen LogP contribution in [0.4, 0.5) is 17.3 Å². The van der Waals surface area contributed by atoms with Crippen LogP contribution in [-0.2, 0) is 6.61 Å². The molecule has 0 amide bonds. The molecule has 0 bridgehead atoms. The largest absolute Gasteiger partial charge is 0.486 e. The summed E-state index contributed by atoms with van der Waals surface area (Å²) in [5.74, 6) is 7.65. The lowest BCUT2D eigenvalue weighted by molar-refractivity contribution is 0.301. The van der Waals surface area contributed by atoms with Crippen molar-refractivity contribution in [1.82, 2.24) is 24.9 Å². The fourth-order valence-corrected chi connectivity index (χ4v) is 4.10. The highest BCUT2D eigenvalue weighted by Crippen LogP contribution is 2.32. The van der Waals surface area contributed by atoms with E-state index in [-0.39, 0.29) is 0 Å². The van der Waals surface area contributed by atoms with E-state index in [4.69, 9.17) is 22.1 Å². The van der Waals surface area contributed by atoms with E-state index in [1.54, 1.807) is 12.3 Å². The van der Waals surface area contributed by atoms with Crippen molar-refractivity contribution in [2.75, 3.05) is 11.1 Å². The molecule has 34 heavy (non-hydrogen) atoms. The number of benzene rings is 1. The number of nitrogens with two attached hydrogens (primary N) is 1. The van der Waals surface area contributed by atoms with Crippen molar-refractivity contribution in [1.29, 1.82) is 0 Å². The van der Waals surface area contributed by atoms with E-state index in [2.05, 4.69) is 42.1 Å². The Morgan fingerprint density at radius 3 is 2.74 bits per heavy atom. The number of ether oxygens (including phenoxy) is 1. The highest BCUT2D eigenvalue weighted by atomic mass is 35.5. The molecular formula is C24H16ClN7OS. The topological polar surface area (TPSA) is 112 Å². The third kappa shape index (κ3) is 5.04. The summed E-state index contributed by atoms with van der Waals surface area (Å²) in [7, 11) is 0. The number of hydrogen-bond acceptors (Lipinski definition) is 9. The van der Waals surface area contributed by atoms with Crippen LogP contribution in [0.2, 0.25) is 5.02 Å². The van der Waals surface area contributed by atoms with Gasteiger partial charge in [0.1, 0.15) is 40.8 Å². The van der Waals surface area contributed by atoms with Gasteiger partial charge >= 0.3 is 0 Å². The summed E-state index contributed by atoms with van der Waals surface area (Å²) in [6.07, 6.45) is 6.25. The first-order valence-electron chi connectivity index (χ1n) is 10.1. The predicted molar refractivity (Wildman–Crippen MR) is 133 cm³/mol. The number of thiophene rings is 1. The fraction of sp³-hybridized carbons (Fsp3) is 0.0417. The maximum Gasteiger partial charge on any atom is 0.142 e. The summed E-state index contributed by atoms with van der Waals surface area (Å²) in [6.45, 7) is 0.334. The fourth-order valence-electron chi connectivity index (χ4n) is 3.01. The number of nitrogen functional groups attached to an aromatic ring is 1. The standard InChI is InChI=1S/C24H16ClN7OS/c25-20-9-15(5-7-21(20)33-13-17-3-1-2-8-27-17)32-23-19-10-18(34-24(19)31-14-30-23)6-4-16-11-29-22(26)12-28-16/h1-3,5,7-12,14H,13H2,(H2,26,29)(H,30,31,32). The summed E-state index contributed by atoms with van der Waals surface area (Å²) in [5, 5.41) is 4.63. The van der Waals surface area contributed by atoms with Gasteiger partial charge in [0.05, 0.1) is 33.4 Å². The Hall–Kier alpha value is -4.26. The minimum Gasteiger partial charge on any atom is -0.486 e. The molecule has 5 aromatic rings. The van der Waals surface area contributed by atoms with E-state index in [9.17, 15) is 0 Å². The van der Waals surface area contributed by atoms with Crippen molar-refractivity contribution in [3.05, 3.63) is 88.7 Å². The summed E-state index contributed by atoms with van der Waals surface area (Å²) < 4.78 is 5.79. The first kappa shape index (κ1) is 21.6. The minimum atomic E-state index is 0.334. The molecule has 0 aliphatic carbocycles. The van der Waals surface area contributed by atoms with E-state index in [0.717, 1.165) is 26.5 Å². The Morgan fingerprint density at radius 2 is 1.94 bits per heavy atom. The summed E-state index contributed by atoms with van der Waals surface area (Å²) >= 11 is 7.91. The van der Waals surface area contributed by atoms with Crippen molar-refractivity contribution in [2.24, 2.45) is 0 Å². The molecule has 0 fully saturated rings. The molecule has 4 heterocycles. The van der Waals surface area contributed by atoms with Crippen LogP contribution in [0.25, 0.3) is 10.2 Å². The zero-order valence-electron chi connectivity index (χ0n) is 17.6. The van der Waals surface area contributed by atoms with Gasteiger partial charge in [-0.25, -0.2) is 19.9 Å². The molecule has 4 aromatic heterocycles. The molecule has 5 rings (SSSR count). The monoisotopic (exact) mass is 485 g/mol. The highest BCUT2D eigenvalue weighted by molar-refractivity contribution is 7.19. The van der Waals surface area contributed by atoms with E-state index in [0.29, 0.717) is 34.7 Å². The third-order valence-electron chi connectivity index (χ3n) is 4.61. The average molecular weight is 486 g/mol. The molecule has 1 aromatic carbocycles. The van der Waals surface area contributed by atoms with Crippen LogP contribution in [0.3, 0.4) is 0 Å². The zero-order valence-corrected chi connectivity index (χ0v) is 19.1. The third-order valence-corrected chi connectivity index (χ3v) is 5.87. The number of anilines is 3. The second kappa shape index (κ2) is 9.70. The number of rotatable bonds is 5. The lowest BCUT2D eigenvalue weighted by atomic mass is 10.2.